The lowest BCUT2D eigenvalue weighted by molar-refractivity contribution is -0.125. The quantitative estimate of drug-likeness (QED) is 0.0622. The van der Waals surface area contributed by atoms with Gasteiger partial charge in [0.1, 0.15) is 30.0 Å². The summed E-state index contributed by atoms with van der Waals surface area (Å²) in [6.07, 6.45) is 17.0. The number of rotatable bonds is 19. The minimum Gasteiger partial charge on any atom is -0.492 e. The molecule has 4 aromatic rings. The fourth-order valence-corrected chi connectivity index (χ4v) is 10.2. The van der Waals surface area contributed by atoms with Gasteiger partial charge in [0.05, 0.1) is 30.1 Å². The Kier molecular flexibility index (Phi) is 17.6. The summed E-state index contributed by atoms with van der Waals surface area (Å²) in [4.78, 5) is 54.7. The second kappa shape index (κ2) is 24.0. The number of piperazine rings is 2. The number of hydrogen-bond donors (Lipinski definition) is 1. The highest BCUT2D eigenvalue weighted by Crippen LogP contribution is 2.36. The topological polar surface area (TPSA) is 146 Å². The van der Waals surface area contributed by atoms with Crippen molar-refractivity contribution < 1.29 is 19.1 Å². The van der Waals surface area contributed by atoms with E-state index in [1.807, 2.05) is 37.5 Å². The molecule has 3 aromatic heterocycles. The van der Waals surface area contributed by atoms with E-state index < -0.39 is 6.04 Å². The first kappa shape index (κ1) is 50.1. The second-order valence-electron chi connectivity index (χ2n) is 19.2. The molecule has 8 rings (SSSR count). The molecule has 0 saturated carbocycles. The Bertz CT molecular complexity index is 2350. The van der Waals surface area contributed by atoms with Crippen LogP contribution < -0.4 is 19.9 Å². The molecule has 1 aromatic carbocycles. The number of benzene rings is 1. The van der Waals surface area contributed by atoms with Crippen LogP contribution in [0.25, 0.3) is 16.6 Å². The summed E-state index contributed by atoms with van der Waals surface area (Å²) >= 11 is 0. The van der Waals surface area contributed by atoms with Crippen LogP contribution in [0, 0.1) is 16.7 Å². The van der Waals surface area contributed by atoms with Crippen LogP contribution in [0.5, 0.6) is 5.75 Å². The Balaban J connectivity index is 0.000000202. The smallest absolute Gasteiger partial charge is 0.255 e. The Hall–Kier alpha value is -5.82. The van der Waals surface area contributed by atoms with Gasteiger partial charge in [-0.05, 0) is 106 Å². The van der Waals surface area contributed by atoms with Crippen molar-refractivity contribution in [2.24, 2.45) is 5.41 Å². The highest BCUT2D eigenvalue weighted by Gasteiger charge is 2.36. The fraction of sp³-hybridized carbons (Fsp3) is 0.547. The van der Waals surface area contributed by atoms with Gasteiger partial charge >= 0.3 is 0 Å². The fourth-order valence-electron chi connectivity index (χ4n) is 10.2. The van der Waals surface area contributed by atoms with Crippen molar-refractivity contribution in [1.29, 1.82) is 5.26 Å². The van der Waals surface area contributed by atoms with Crippen LogP contribution >= 0.6 is 0 Å². The number of carbonyl (C=O) groups excluding carboxylic acids is 3. The van der Waals surface area contributed by atoms with Crippen LogP contribution in [0.4, 0.5) is 11.5 Å². The number of unbranched alkanes of at least 4 members (excludes halogenated alkanes) is 4. The van der Waals surface area contributed by atoms with Gasteiger partial charge in [-0.3, -0.25) is 14.5 Å². The zero-order valence-electron chi connectivity index (χ0n) is 41.0. The molecule has 4 aliphatic rings. The molecule has 0 radical (unpaired) electrons. The SMILES string of the molecule is C=CCCC(C(=O)NC)N1Cc2cc(N3CCN(CCCCCCC=O)CC3)ccc2C1=O.CCOc1cc(-c2ccc(N3CCC(C)(CN4CCN(C)CC4)CC3)nc2)c2c(C#N)cnn2c1. The molecule has 1 atom stereocenters. The maximum Gasteiger partial charge on any atom is 0.255 e. The van der Waals surface area contributed by atoms with Crippen LogP contribution in [0.2, 0.25) is 0 Å². The summed E-state index contributed by atoms with van der Waals surface area (Å²) in [5, 5.41) is 16.6. The highest BCUT2D eigenvalue weighted by atomic mass is 16.5. The summed E-state index contributed by atoms with van der Waals surface area (Å²) in [5.74, 6) is 1.55. The van der Waals surface area contributed by atoms with E-state index >= 15 is 0 Å². The molecule has 1 N–H and O–H groups in total. The van der Waals surface area contributed by atoms with Gasteiger partial charge in [-0.2, -0.15) is 10.4 Å². The number of aromatic nitrogens is 3. The number of amides is 2. The van der Waals surface area contributed by atoms with Crippen molar-refractivity contribution >= 4 is 35.1 Å². The normalized spacial score (nSPS) is 18.1. The lowest BCUT2D eigenvalue weighted by atomic mass is 9.79. The average Bonchev–Trinajstić information content (AvgIpc) is 3.93. The second-order valence-corrected chi connectivity index (χ2v) is 19.2. The molecule has 15 heteroatoms. The van der Waals surface area contributed by atoms with Gasteiger partial charge in [-0.25, -0.2) is 9.50 Å². The van der Waals surface area contributed by atoms with E-state index in [1.54, 1.807) is 28.7 Å². The van der Waals surface area contributed by atoms with Gasteiger partial charge in [-0.15, -0.1) is 6.58 Å². The molecule has 15 nitrogen and oxygen atoms in total. The lowest BCUT2D eigenvalue weighted by Crippen LogP contribution is -2.50. The molecule has 364 valence electrons. The molecular weight excluding hydrogens is 855 g/mol. The predicted molar refractivity (Wildman–Crippen MR) is 269 cm³/mol. The number of nitrogens with zero attached hydrogens (tertiary/aromatic N) is 10. The van der Waals surface area contributed by atoms with E-state index in [2.05, 4.69) is 79.7 Å². The first-order valence-electron chi connectivity index (χ1n) is 24.9. The van der Waals surface area contributed by atoms with Crippen molar-refractivity contribution in [3.05, 3.63) is 84.3 Å². The van der Waals surface area contributed by atoms with E-state index in [0.29, 0.717) is 49.0 Å². The number of carbonyl (C=O) groups is 3. The Labute approximate surface area is 403 Å². The monoisotopic (exact) mass is 928 g/mol. The minimum atomic E-state index is -0.474. The van der Waals surface area contributed by atoms with Gasteiger partial charge in [0, 0.05) is 121 Å². The van der Waals surface area contributed by atoms with E-state index in [1.165, 1.54) is 58.4 Å². The van der Waals surface area contributed by atoms with E-state index in [-0.39, 0.29) is 11.8 Å². The number of ether oxygens (including phenoxy) is 1. The van der Waals surface area contributed by atoms with Crippen LogP contribution in [0.3, 0.4) is 0 Å². The van der Waals surface area contributed by atoms with Gasteiger partial charge in [0.25, 0.3) is 5.91 Å². The summed E-state index contributed by atoms with van der Waals surface area (Å²) in [6, 6.07) is 14.1. The lowest BCUT2D eigenvalue weighted by Gasteiger charge is -2.44. The third-order valence-corrected chi connectivity index (χ3v) is 14.3. The zero-order valence-corrected chi connectivity index (χ0v) is 41.0. The van der Waals surface area contributed by atoms with Gasteiger partial charge in [0.15, 0.2) is 0 Å². The first-order chi connectivity index (χ1) is 33.1. The number of hydrogen-bond acceptors (Lipinski definition) is 12. The Morgan fingerprint density at radius 1 is 0.926 bits per heavy atom. The number of nitrogens with one attached hydrogen (secondary N) is 1. The number of allylic oxidation sites excluding steroid dienone is 1. The highest BCUT2D eigenvalue weighted by molar-refractivity contribution is 6.01. The summed E-state index contributed by atoms with van der Waals surface area (Å²) < 4.78 is 7.46. The maximum absolute atomic E-state index is 13.0. The predicted octanol–water partition coefficient (Wildman–Crippen LogP) is 6.52. The Morgan fingerprint density at radius 3 is 2.35 bits per heavy atom. The summed E-state index contributed by atoms with van der Waals surface area (Å²) in [7, 11) is 3.83. The Morgan fingerprint density at radius 2 is 1.68 bits per heavy atom. The molecule has 0 bridgehead atoms. The van der Waals surface area contributed by atoms with Crippen molar-refractivity contribution in [3.8, 4) is 22.9 Å². The number of fused-ring (bicyclic) bond motifs is 2. The van der Waals surface area contributed by atoms with Gasteiger partial charge in [0.2, 0.25) is 5.91 Å². The first-order valence-corrected chi connectivity index (χ1v) is 24.9. The molecule has 0 spiro atoms. The van der Waals surface area contributed by atoms with Crippen molar-refractivity contribution in [2.45, 2.75) is 84.2 Å². The molecule has 3 fully saturated rings. The van der Waals surface area contributed by atoms with Gasteiger partial charge in [-0.1, -0.05) is 25.8 Å². The van der Waals surface area contributed by atoms with Crippen LogP contribution in [0.15, 0.2) is 67.6 Å². The van der Waals surface area contributed by atoms with Crippen LogP contribution in [0.1, 0.15) is 93.1 Å². The molecule has 1 unspecified atom stereocenters. The third-order valence-electron chi connectivity index (χ3n) is 14.3. The molecule has 2 amide bonds. The standard InChI is InChI=1S/C27H35N7O.C26H38N4O3/c1-4-35-23-15-24(26-22(16-28)18-30-34(26)19-23)21-5-6-25(29-17-21)33-9-7-27(2,8-10-33)20-32-13-11-31(3)12-14-32;1-3-4-10-24(25(32)27-2)30-20-21-19-22(11-12-23(21)26(30)33)29-16-14-28(15-17-29)13-8-6-5-7-9-18-31/h5-6,15,17-19H,4,7-14,20H2,1-3H3;3,11-12,18-19,24H,1,4-10,13-17,20H2,2H3,(H,27,32). The maximum atomic E-state index is 13.0. The molecule has 7 heterocycles. The number of aldehydes is 1. The van der Waals surface area contributed by atoms with Gasteiger partial charge < -0.3 is 39.3 Å². The van der Waals surface area contributed by atoms with Crippen molar-refractivity contribution in [3.63, 3.8) is 0 Å². The summed E-state index contributed by atoms with van der Waals surface area (Å²) in [5.41, 5.74) is 6.41. The molecule has 3 saturated heterocycles. The van der Waals surface area contributed by atoms with E-state index in [4.69, 9.17) is 9.72 Å². The summed E-state index contributed by atoms with van der Waals surface area (Å²) in [6.45, 7) is 22.3. The largest absolute Gasteiger partial charge is 0.492 e. The third kappa shape index (κ3) is 12.4. The molecule has 0 aliphatic carbocycles. The van der Waals surface area contributed by atoms with E-state index in [0.717, 1.165) is 104 Å². The number of pyridine rings is 2. The van der Waals surface area contributed by atoms with Crippen molar-refractivity contribution in [2.75, 3.05) is 109 Å². The molecule has 68 heavy (non-hydrogen) atoms. The molecular formula is C53H73N11O4. The number of likely N-dealkylation sites (N-methyl/N-ethyl adjacent to an activating group) is 2. The number of anilines is 2. The zero-order chi connectivity index (χ0) is 48.0. The van der Waals surface area contributed by atoms with Crippen LogP contribution in [-0.2, 0) is 16.1 Å². The van der Waals surface area contributed by atoms with E-state index in [9.17, 15) is 19.6 Å². The molecule has 4 aliphatic heterocycles. The average molecular weight is 928 g/mol. The number of nitriles is 1. The van der Waals surface area contributed by atoms with Crippen molar-refractivity contribution in [1.82, 2.24) is 39.5 Å². The van der Waals surface area contributed by atoms with Crippen LogP contribution in [-0.4, -0.2) is 158 Å². The minimum absolute atomic E-state index is 0.0628. The number of piperidine rings is 1.